The second-order valence-electron chi connectivity index (χ2n) is 5.40. The fourth-order valence-electron chi connectivity index (χ4n) is 2.20. The smallest absolute Gasteiger partial charge is 0.457 e. The molecule has 4 heterocycles. The van der Waals surface area contributed by atoms with Gasteiger partial charge < -0.3 is 63.5 Å². The van der Waals surface area contributed by atoms with Crippen LogP contribution in [0.3, 0.4) is 0 Å². The SMILES string of the molecule is O.O.O.O=[N+]([O-])[O-].O=[N+]([O-])[O-].[Ni+2].[OH3+].[OH3+].[OH3+].c1ccc(-c2nc(-c3ccccn3)nc(-c3ccccn3)n2)nc1. The Hall–Kier alpha value is -4.89. The maximum atomic E-state index is 8.25. The van der Waals surface area contributed by atoms with E-state index in [1.165, 1.54) is 0 Å². The van der Waals surface area contributed by atoms with Crippen LogP contribution in [0, 0.1) is 30.6 Å². The van der Waals surface area contributed by atoms with Gasteiger partial charge in [-0.05, 0) is 36.4 Å². The molecule has 0 aliphatic carbocycles. The van der Waals surface area contributed by atoms with Crippen LogP contribution in [0.5, 0.6) is 0 Å². The minimum atomic E-state index is -1.75. The average Bonchev–Trinajstić information content (AvgIpc) is 2.80. The summed E-state index contributed by atoms with van der Waals surface area (Å²) in [6.07, 6.45) is 5.13. The second-order valence-corrected chi connectivity index (χ2v) is 5.40. The van der Waals surface area contributed by atoms with Crippen molar-refractivity contribution in [3.8, 4) is 34.6 Å². The molecule has 0 spiro atoms. The molecule has 0 radical (unpaired) electrons. The molecule has 0 saturated heterocycles. The summed E-state index contributed by atoms with van der Waals surface area (Å²) in [6, 6.07) is 16.8. The summed E-state index contributed by atoms with van der Waals surface area (Å²) in [5, 5.41) is 29.5. The molecule has 21 heteroatoms. The second kappa shape index (κ2) is 24.8. The third-order valence-electron chi connectivity index (χ3n) is 3.32. The van der Waals surface area contributed by atoms with Crippen molar-refractivity contribution in [2.24, 2.45) is 0 Å². The average molecular weight is 606 g/mol. The Kier molecular flexibility index (Phi) is 30.1. The van der Waals surface area contributed by atoms with Gasteiger partial charge in [0, 0.05) is 18.6 Å². The van der Waals surface area contributed by atoms with Crippen LogP contribution in [0.25, 0.3) is 34.6 Å². The van der Waals surface area contributed by atoms with E-state index in [4.69, 9.17) is 30.6 Å². The van der Waals surface area contributed by atoms with Gasteiger partial charge in [0.25, 0.3) is 0 Å². The minimum Gasteiger partial charge on any atom is -0.457 e. The first-order valence-electron chi connectivity index (χ1n) is 8.50. The van der Waals surface area contributed by atoms with Gasteiger partial charge in [0.2, 0.25) is 0 Å². The van der Waals surface area contributed by atoms with Crippen LogP contribution in [0.15, 0.2) is 73.2 Å². The van der Waals surface area contributed by atoms with E-state index >= 15 is 0 Å². The fraction of sp³-hybridized carbons (Fsp3) is 0. The molecular formula is C18H27N8NiO12+3. The molecule has 0 fully saturated rings. The van der Waals surface area contributed by atoms with Crippen molar-refractivity contribution in [3.63, 3.8) is 0 Å². The zero-order valence-electron chi connectivity index (χ0n) is 19.5. The van der Waals surface area contributed by atoms with Crippen molar-refractivity contribution in [1.29, 1.82) is 0 Å². The Bertz CT molecular complexity index is 1010. The molecule has 0 atom stereocenters. The molecule has 0 aliphatic rings. The normalized spacial score (nSPS) is 7.69. The minimum absolute atomic E-state index is 0. The van der Waals surface area contributed by atoms with Gasteiger partial charge >= 0.3 is 16.5 Å². The predicted molar refractivity (Wildman–Crippen MR) is 136 cm³/mol. The van der Waals surface area contributed by atoms with Gasteiger partial charge in [-0.15, -0.1) is 0 Å². The largest absolute Gasteiger partial charge is 2.00 e. The molecule has 0 bridgehead atoms. The summed E-state index contributed by atoms with van der Waals surface area (Å²) >= 11 is 0. The zero-order chi connectivity index (χ0) is 23.3. The molecule has 218 valence electrons. The Morgan fingerprint density at radius 1 is 0.487 bits per heavy atom. The van der Waals surface area contributed by atoms with Gasteiger partial charge in [-0.1, -0.05) is 18.2 Å². The predicted octanol–water partition coefficient (Wildman–Crippen LogP) is -2.66. The first kappa shape index (κ1) is 47.3. The molecule has 4 aromatic rings. The molecule has 15 N–H and O–H groups in total. The summed E-state index contributed by atoms with van der Waals surface area (Å²) in [6.45, 7) is 0. The zero-order valence-corrected chi connectivity index (χ0v) is 20.5. The van der Waals surface area contributed by atoms with Crippen LogP contribution in [0.2, 0.25) is 0 Å². The standard InChI is InChI=1S/C18H12N6.2NO3.Ni.6H2O/c1-4-10-19-13(7-1)16-22-17(14-8-2-5-11-20-14)24-18(23-16)15-9-3-6-12-21-15;2*2-1(3)4;;;;;;;/h1-12H;;;;6*1H2/q;2*-1;+2;;;;;;/p+3. The van der Waals surface area contributed by atoms with Gasteiger partial charge in [0.1, 0.15) is 17.1 Å². The van der Waals surface area contributed by atoms with E-state index in [0.29, 0.717) is 34.6 Å². The van der Waals surface area contributed by atoms with Gasteiger partial charge in [-0.25, -0.2) is 15.0 Å². The third-order valence-corrected chi connectivity index (χ3v) is 3.32. The molecule has 4 aromatic heterocycles. The van der Waals surface area contributed by atoms with E-state index < -0.39 is 10.2 Å². The molecule has 0 aliphatic heterocycles. The van der Waals surface area contributed by atoms with Crippen LogP contribution in [0.1, 0.15) is 0 Å². The Labute approximate surface area is 228 Å². The summed E-state index contributed by atoms with van der Waals surface area (Å²) in [4.78, 5) is 43.0. The summed E-state index contributed by atoms with van der Waals surface area (Å²) < 4.78 is 0. The monoisotopic (exact) mass is 605 g/mol. The first-order valence-corrected chi connectivity index (χ1v) is 8.50. The van der Waals surface area contributed by atoms with E-state index in [1.54, 1.807) is 18.6 Å². The summed E-state index contributed by atoms with van der Waals surface area (Å²) in [5.41, 5.74) is 2.03. The number of nitrogens with zero attached hydrogens (tertiary/aromatic N) is 8. The van der Waals surface area contributed by atoms with Gasteiger partial charge in [0.15, 0.2) is 17.5 Å². The van der Waals surface area contributed by atoms with Gasteiger partial charge in [0.05, 0.1) is 10.2 Å². The van der Waals surface area contributed by atoms with E-state index in [2.05, 4.69) is 29.9 Å². The van der Waals surface area contributed by atoms with Gasteiger partial charge in [-0.2, -0.15) is 0 Å². The Balaban J connectivity index is -0.000000163. The van der Waals surface area contributed by atoms with Crippen LogP contribution in [0.4, 0.5) is 0 Å². The Morgan fingerprint density at radius 3 is 0.846 bits per heavy atom. The van der Waals surface area contributed by atoms with Crippen molar-refractivity contribution in [2.45, 2.75) is 0 Å². The van der Waals surface area contributed by atoms with Crippen molar-refractivity contribution >= 4 is 0 Å². The molecular weight excluding hydrogens is 579 g/mol. The molecule has 0 amide bonds. The maximum absolute atomic E-state index is 8.25. The van der Waals surface area contributed by atoms with E-state index in [1.807, 2.05) is 54.6 Å². The molecule has 39 heavy (non-hydrogen) atoms. The van der Waals surface area contributed by atoms with Crippen LogP contribution < -0.4 is 0 Å². The first-order chi connectivity index (χ1) is 15.4. The number of aromatic nitrogens is 6. The fourth-order valence-corrected chi connectivity index (χ4v) is 2.20. The van der Waals surface area contributed by atoms with Crippen molar-refractivity contribution in [2.75, 3.05) is 0 Å². The molecule has 20 nitrogen and oxygen atoms in total. The van der Waals surface area contributed by atoms with Crippen molar-refractivity contribution < 1.29 is 59.5 Å². The maximum Gasteiger partial charge on any atom is 2.00 e. The van der Waals surface area contributed by atoms with Crippen LogP contribution in [-0.2, 0) is 32.9 Å². The van der Waals surface area contributed by atoms with E-state index in [9.17, 15) is 0 Å². The molecule has 0 aromatic carbocycles. The summed E-state index contributed by atoms with van der Waals surface area (Å²) in [7, 11) is 0. The van der Waals surface area contributed by atoms with Gasteiger partial charge in [-0.3, -0.25) is 15.0 Å². The molecule has 0 unspecified atom stereocenters. The quantitative estimate of drug-likeness (QED) is 0.0997. The van der Waals surface area contributed by atoms with E-state index in [0.717, 1.165) is 0 Å². The van der Waals surface area contributed by atoms with Crippen molar-refractivity contribution in [1.82, 2.24) is 29.9 Å². The summed E-state index contributed by atoms with van der Waals surface area (Å²) in [5.74, 6) is 1.48. The topological polar surface area (TPSA) is 403 Å². The third kappa shape index (κ3) is 17.2. The van der Waals surface area contributed by atoms with Crippen molar-refractivity contribution in [3.05, 3.63) is 104 Å². The number of pyridine rings is 3. The molecule has 4 rings (SSSR count). The van der Waals surface area contributed by atoms with Crippen LogP contribution in [-0.4, -0.2) is 56.5 Å². The van der Waals surface area contributed by atoms with Crippen LogP contribution >= 0.6 is 0 Å². The van der Waals surface area contributed by atoms with E-state index in [-0.39, 0.29) is 49.3 Å². The molecule has 0 saturated carbocycles. The number of hydrogen-bond acceptors (Lipinski definition) is 12. The number of rotatable bonds is 3. The Morgan fingerprint density at radius 2 is 0.692 bits per heavy atom. The number of hydrogen-bond donors (Lipinski definition) is 0.